The predicted molar refractivity (Wildman–Crippen MR) is 76.6 cm³/mol. The number of esters is 1. The number of carbonyl (C=O) groups is 1. The summed E-state index contributed by atoms with van der Waals surface area (Å²) in [6.07, 6.45) is 2.83. The van der Waals surface area contributed by atoms with Crippen LogP contribution in [0.1, 0.15) is 29.6 Å². The third kappa shape index (κ3) is 4.26. The minimum Gasteiger partial charge on any atom is -0.465 e. The van der Waals surface area contributed by atoms with Crippen LogP contribution in [0, 0.1) is 0 Å². The Morgan fingerprint density at radius 1 is 1.38 bits per heavy atom. The first-order valence-corrected chi connectivity index (χ1v) is 8.31. The standard InChI is InChI=1S/C14H19NO5S/c1-19-14(16)11-4-6-13(7-5-11)21(17,18)15-9-8-12-3-2-10-20-12/h4-7,12,15H,2-3,8-10H2,1H3/t12-/m1/s1. The molecule has 0 saturated carbocycles. The van der Waals surface area contributed by atoms with Crippen molar-refractivity contribution in [3.05, 3.63) is 29.8 Å². The summed E-state index contributed by atoms with van der Waals surface area (Å²) in [5.41, 5.74) is 0.316. The molecule has 0 aliphatic carbocycles. The van der Waals surface area contributed by atoms with Gasteiger partial charge in [-0.15, -0.1) is 0 Å². The number of hydrogen-bond acceptors (Lipinski definition) is 5. The van der Waals surface area contributed by atoms with Gasteiger partial charge in [0.15, 0.2) is 0 Å². The van der Waals surface area contributed by atoms with Crippen LogP contribution in [0.4, 0.5) is 0 Å². The van der Waals surface area contributed by atoms with Crippen molar-refractivity contribution in [1.82, 2.24) is 4.72 Å². The quantitative estimate of drug-likeness (QED) is 0.801. The van der Waals surface area contributed by atoms with Gasteiger partial charge >= 0.3 is 5.97 Å². The summed E-state index contributed by atoms with van der Waals surface area (Å²) in [6.45, 7) is 1.10. The van der Waals surface area contributed by atoms with E-state index >= 15 is 0 Å². The molecule has 0 bridgehead atoms. The molecule has 1 saturated heterocycles. The normalized spacial score (nSPS) is 18.6. The van der Waals surface area contributed by atoms with Gasteiger partial charge in [-0.2, -0.15) is 0 Å². The molecule has 1 atom stereocenters. The molecule has 7 heteroatoms. The largest absolute Gasteiger partial charge is 0.465 e. The van der Waals surface area contributed by atoms with Gasteiger partial charge in [0.1, 0.15) is 0 Å². The second-order valence-corrected chi connectivity index (χ2v) is 6.60. The third-order valence-electron chi connectivity index (χ3n) is 3.37. The SMILES string of the molecule is COC(=O)c1ccc(S(=O)(=O)NCC[C@H]2CCCO2)cc1. The van der Waals surface area contributed by atoms with Crippen LogP contribution >= 0.6 is 0 Å². The summed E-state index contributed by atoms with van der Waals surface area (Å²) in [5.74, 6) is -0.495. The number of methoxy groups -OCH3 is 1. The van der Waals surface area contributed by atoms with Crippen LogP contribution in [0.5, 0.6) is 0 Å². The number of ether oxygens (including phenoxy) is 2. The van der Waals surface area contributed by atoms with E-state index in [0.717, 1.165) is 19.4 Å². The molecule has 0 spiro atoms. The fraction of sp³-hybridized carbons (Fsp3) is 0.500. The third-order valence-corrected chi connectivity index (χ3v) is 4.85. The molecule has 116 valence electrons. The van der Waals surface area contributed by atoms with E-state index in [-0.39, 0.29) is 11.0 Å². The van der Waals surface area contributed by atoms with E-state index in [0.29, 0.717) is 18.5 Å². The van der Waals surface area contributed by atoms with Gasteiger partial charge in [0.05, 0.1) is 23.7 Å². The first-order valence-electron chi connectivity index (χ1n) is 6.82. The van der Waals surface area contributed by atoms with Crippen LogP contribution in [-0.4, -0.2) is 40.8 Å². The summed E-state index contributed by atoms with van der Waals surface area (Å²) in [4.78, 5) is 11.4. The highest BCUT2D eigenvalue weighted by Gasteiger charge is 2.18. The van der Waals surface area contributed by atoms with Gasteiger partial charge in [-0.05, 0) is 43.5 Å². The molecule has 0 radical (unpaired) electrons. The van der Waals surface area contributed by atoms with Crippen LogP contribution in [0.15, 0.2) is 29.2 Å². The summed E-state index contributed by atoms with van der Waals surface area (Å²) in [7, 11) is -2.28. The molecule has 2 rings (SSSR count). The minimum absolute atomic E-state index is 0.127. The lowest BCUT2D eigenvalue weighted by Crippen LogP contribution is -2.27. The molecule has 1 N–H and O–H groups in total. The molecule has 21 heavy (non-hydrogen) atoms. The van der Waals surface area contributed by atoms with Crippen molar-refractivity contribution < 1.29 is 22.7 Å². The van der Waals surface area contributed by atoms with Gasteiger partial charge in [0.25, 0.3) is 0 Å². The Hall–Kier alpha value is -1.44. The second kappa shape index (κ2) is 7.02. The predicted octanol–water partition coefficient (Wildman–Crippen LogP) is 1.32. The van der Waals surface area contributed by atoms with Crippen molar-refractivity contribution in [2.45, 2.75) is 30.3 Å². The highest BCUT2D eigenvalue weighted by Crippen LogP contribution is 2.15. The van der Waals surface area contributed by atoms with Gasteiger partial charge in [-0.3, -0.25) is 0 Å². The first kappa shape index (κ1) is 15.9. The molecule has 6 nitrogen and oxygen atoms in total. The van der Waals surface area contributed by atoms with Crippen LogP contribution < -0.4 is 4.72 Å². The Balaban J connectivity index is 1.93. The first-order chi connectivity index (χ1) is 10.0. The average molecular weight is 313 g/mol. The Morgan fingerprint density at radius 2 is 2.10 bits per heavy atom. The molecule has 0 aromatic heterocycles. The van der Waals surface area contributed by atoms with Crippen LogP contribution in [0.2, 0.25) is 0 Å². The number of benzene rings is 1. The van der Waals surface area contributed by atoms with E-state index in [1.807, 2.05) is 0 Å². The molecule has 1 aromatic carbocycles. The smallest absolute Gasteiger partial charge is 0.337 e. The molecule has 0 unspecified atom stereocenters. The zero-order valence-corrected chi connectivity index (χ0v) is 12.7. The van der Waals surface area contributed by atoms with Crippen LogP contribution in [-0.2, 0) is 19.5 Å². The van der Waals surface area contributed by atoms with Crippen molar-refractivity contribution in [3.8, 4) is 0 Å². The fourth-order valence-electron chi connectivity index (χ4n) is 2.20. The maximum Gasteiger partial charge on any atom is 0.337 e. The molecule has 1 aromatic rings. The highest BCUT2D eigenvalue weighted by molar-refractivity contribution is 7.89. The highest BCUT2D eigenvalue weighted by atomic mass is 32.2. The van der Waals surface area contributed by atoms with E-state index in [2.05, 4.69) is 9.46 Å². The van der Waals surface area contributed by atoms with E-state index in [9.17, 15) is 13.2 Å². The van der Waals surface area contributed by atoms with Gasteiger partial charge in [-0.25, -0.2) is 17.9 Å². The second-order valence-electron chi connectivity index (χ2n) is 4.84. The lowest BCUT2D eigenvalue weighted by Gasteiger charge is -2.10. The van der Waals surface area contributed by atoms with E-state index in [1.54, 1.807) is 0 Å². The molecular formula is C14H19NO5S. The van der Waals surface area contributed by atoms with Crippen molar-refractivity contribution in [2.24, 2.45) is 0 Å². The number of hydrogen-bond donors (Lipinski definition) is 1. The maximum atomic E-state index is 12.1. The Morgan fingerprint density at radius 3 is 2.67 bits per heavy atom. The number of sulfonamides is 1. The molecule has 1 fully saturated rings. The summed E-state index contributed by atoms with van der Waals surface area (Å²) in [6, 6.07) is 5.64. The van der Waals surface area contributed by atoms with Gasteiger partial charge in [0.2, 0.25) is 10.0 Å². The Bertz CT molecular complexity index is 576. The van der Waals surface area contributed by atoms with Gasteiger partial charge in [-0.1, -0.05) is 0 Å². The zero-order valence-electron chi connectivity index (χ0n) is 11.9. The van der Waals surface area contributed by atoms with E-state index < -0.39 is 16.0 Å². The number of rotatable bonds is 6. The van der Waals surface area contributed by atoms with Crippen LogP contribution in [0.25, 0.3) is 0 Å². The molecule has 0 amide bonds. The maximum absolute atomic E-state index is 12.1. The minimum atomic E-state index is -3.56. The van der Waals surface area contributed by atoms with Gasteiger partial charge in [0, 0.05) is 13.2 Å². The van der Waals surface area contributed by atoms with Crippen LogP contribution in [0.3, 0.4) is 0 Å². The molecule has 1 aliphatic rings. The lowest BCUT2D eigenvalue weighted by atomic mass is 10.2. The fourth-order valence-corrected chi connectivity index (χ4v) is 3.25. The molecular weight excluding hydrogens is 294 g/mol. The molecule has 1 heterocycles. The average Bonchev–Trinajstić information content (AvgIpc) is 2.99. The summed E-state index contributed by atoms with van der Waals surface area (Å²) < 4.78 is 36.7. The summed E-state index contributed by atoms with van der Waals surface area (Å²) >= 11 is 0. The zero-order chi connectivity index (χ0) is 15.3. The van der Waals surface area contributed by atoms with Gasteiger partial charge < -0.3 is 9.47 Å². The number of carbonyl (C=O) groups excluding carboxylic acids is 1. The topological polar surface area (TPSA) is 81.7 Å². The van der Waals surface area contributed by atoms with Crippen molar-refractivity contribution >= 4 is 16.0 Å². The van der Waals surface area contributed by atoms with Crippen molar-refractivity contribution in [1.29, 1.82) is 0 Å². The van der Waals surface area contributed by atoms with E-state index in [1.165, 1.54) is 31.4 Å². The van der Waals surface area contributed by atoms with Crippen molar-refractivity contribution in [2.75, 3.05) is 20.3 Å². The monoisotopic (exact) mass is 313 g/mol. The Labute approximate surface area is 124 Å². The Kier molecular flexibility index (Phi) is 5.33. The lowest BCUT2D eigenvalue weighted by molar-refractivity contribution is 0.0600. The molecule has 1 aliphatic heterocycles. The van der Waals surface area contributed by atoms with Crippen molar-refractivity contribution in [3.63, 3.8) is 0 Å². The summed E-state index contributed by atoms with van der Waals surface area (Å²) in [5, 5.41) is 0. The van der Waals surface area contributed by atoms with E-state index in [4.69, 9.17) is 4.74 Å². The number of nitrogens with one attached hydrogen (secondary N) is 1.